The molecule has 120 valence electrons. The smallest absolute Gasteiger partial charge is 0.363 e. The summed E-state index contributed by atoms with van der Waals surface area (Å²) in [6, 6.07) is 10.7. The molecule has 0 N–H and O–H groups in total. The number of carbonyl (C=O) groups is 1. The van der Waals surface area contributed by atoms with Crippen molar-refractivity contribution in [2.75, 3.05) is 0 Å². The van der Waals surface area contributed by atoms with Gasteiger partial charge in [-0.05, 0) is 29.8 Å². The van der Waals surface area contributed by atoms with E-state index >= 15 is 0 Å². The summed E-state index contributed by atoms with van der Waals surface area (Å²) < 4.78 is 5.08. The van der Waals surface area contributed by atoms with E-state index < -0.39 is 10.9 Å². The van der Waals surface area contributed by atoms with Gasteiger partial charge in [-0.15, -0.1) is 0 Å². The van der Waals surface area contributed by atoms with Gasteiger partial charge in [0.05, 0.1) is 15.5 Å². The molecule has 1 aliphatic rings. The Kier molecular flexibility index (Phi) is 4.33. The molecule has 2 aromatic carbocycles. The quantitative estimate of drug-likeness (QED) is 0.353. The molecule has 0 amide bonds. The highest BCUT2D eigenvalue weighted by atomic mass is 35.5. The third-order valence-electron chi connectivity index (χ3n) is 3.16. The molecule has 0 spiro atoms. The number of aliphatic imine (C=N–C) groups is 1. The van der Waals surface area contributed by atoms with E-state index in [-0.39, 0.29) is 27.9 Å². The maximum atomic E-state index is 12.0. The first-order valence-corrected chi connectivity index (χ1v) is 7.42. The number of nitro groups is 1. The third kappa shape index (κ3) is 3.29. The Labute approximate surface area is 146 Å². The zero-order chi connectivity index (χ0) is 17.3. The number of carbonyl (C=O) groups excluding carboxylic acids is 1. The van der Waals surface area contributed by atoms with Gasteiger partial charge >= 0.3 is 5.97 Å². The lowest BCUT2D eigenvalue weighted by molar-refractivity contribution is -0.384. The molecule has 0 fully saturated rings. The molecule has 2 aromatic rings. The molecule has 1 heterocycles. The highest BCUT2D eigenvalue weighted by Gasteiger charge is 2.27. The molecule has 24 heavy (non-hydrogen) atoms. The first kappa shape index (κ1) is 16.2. The van der Waals surface area contributed by atoms with E-state index in [1.54, 1.807) is 24.3 Å². The molecule has 0 aromatic heterocycles. The van der Waals surface area contributed by atoms with Crippen LogP contribution in [-0.2, 0) is 9.53 Å². The number of benzene rings is 2. The van der Waals surface area contributed by atoms with Crippen LogP contribution >= 0.6 is 23.2 Å². The number of halogens is 2. The summed E-state index contributed by atoms with van der Waals surface area (Å²) in [6.45, 7) is 0. The molecule has 0 bridgehead atoms. The van der Waals surface area contributed by atoms with Crippen LogP contribution in [0.4, 0.5) is 5.69 Å². The van der Waals surface area contributed by atoms with Gasteiger partial charge in [-0.25, -0.2) is 9.79 Å². The Balaban J connectivity index is 2.01. The van der Waals surface area contributed by atoms with Gasteiger partial charge in [0.1, 0.15) is 0 Å². The van der Waals surface area contributed by atoms with Gasteiger partial charge in [0.2, 0.25) is 5.90 Å². The second-order valence-electron chi connectivity index (χ2n) is 4.81. The molecule has 0 radical (unpaired) electrons. The number of nitrogens with zero attached hydrogens (tertiary/aromatic N) is 2. The maximum absolute atomic E-state index is 12.0. The fraction of sp³-hybridized carbons (Fsp3) is 0. The first-order chi connectivity index (χ1) is 11.4. The van der Waals surface area contributed by atoms with Gasteiger partial charge in [0.15, 0.2) is 5.70 Å². The molecule has 8 heteroatoms. The normalized spacial score (nSPS) is 15.3. The van der Waals surface area contributed by atoms with Gasteiger partial charge in [-0.2, -0.15) is 0 Å². The number of nitro benzene ring substituents is 1. The topological polar surface area (TPSA) is 81.8 Å². The van der Waals surface area contributed by atoms with E-state index in [4.69, 9.17) is 27.9 Å². The highest BCUT2D eigenvalue weighted by molar-refractivity contribution is 6.34. The predicted molar refractivity (Wildman–Crippen MR) is 90.2 cm³/mol. The number of non-ortho nitro benzene ring substituents is 1. The highest BCUT2D eigenvalue weighted by Crippen LogP contribution is 2.27. The summed E-state index contributed by atoms with van der Waals surface area (Å²) >= 11 is 11.9. The fourth-order valence-electron chi connectivity index (χ4n) is 2.07. The van der Waals surface area contributed by atoms with Gasteiger partial charge in [0.25, 0.3) is 5.69 Å². The van der Waals surface area contributed by atoms with Crippen molar-refractivity contribution in [3.8, 4) is 0 Å². The van der Waals surface area contributed by atoms with Gasteiger partial charge in [-0.3, -0.25) is 10.1 Å². The van der Waals surface area contributed by atoms with E-state index in [0.717, 1.165) is 0 Å². The van der Waals surface area contributed by atoms with Crippen LogP contribution < -0.4 is 0 Å². The van der Waals surface area contributed by atoms with Crippen LogP contribution in [0.25, 0.3) is 6.08 Å². The molecular weight excluding hydrogens is 355 g/mol. The summed E-state index contributed by atoms with van der Waals surface area (Å²) in [4.78, 5) is 26.3. The zero-order valence-electron chi connectivity index (χ0n) is 11.9. The van der Waals surface area contributed by atoms with E-state index in [1.807, 2.05) is 0 Å². The van der Waals surface area contributed by atoms with Crippen LogP contribution in [0.1, 0.15) is 11.1 Å². The molecule has 1 aliphatic heterocycles. The van der Waals surface area contributed by atoms with Gasteiger partial charge in [0, 0.05) is 17.2 Å². The van der Waals surface area contributed by atoms with Gasteiger partial charge < -0.3 is 4.74 Å². The fourth-order valence-corrected chi connectivity index (χ4v) is 2.47. The number of cyclic esters (lactones) is 1. The summed E-state index contributed by atoms with van der Waals surface area (Å²) in [7, 11) is 0. The van der Waals surface area contributed by atoms with E-state index in [2.05, 4.69) is 4.99 Å². The van der Waals surface area contributed by atoms with E-state index in [1.165, 1.54) is 24.3 Å². The second-order valence-corrected chi connectivity index (χ2v) is 5.66. The summed E-state index contributed by atoms with van der Waals surface area (Å²) in [5.74, 6) is -0.755. The average Bonchev–Trinajstić information content (AvgIpc) is 2.88. The lowest BCUT2D eigenvalue weighted by Gasteiger charge is -2.02. The molecule has 6 nitrogen and oxygen atoms in total. The molecule has 0 saturated heterocycles. The van der Waals surface area contributed by atoms with Crippen molar-refractivity contribution in [1.29, 1.82) is 0 Å². The Morgan fingerprint density at radius 3 is 2.67 bits per heavy atom. The van der Waals surface area contributed by atoms with Crippen molar-refractivity contribution in [3.63, 3.8) is 0 Å². The van der Waals surface area contributed by atoms with E-state index in [9.17, 15) is 14.9 Å². The molecular formula is C16H8Cl2N2O4. The number of rotatable bonds is 3. The van der Waals surface area contributed by atoms with Crippen molar-refractivity contribution in [3.05, 3.63) is 79.4 Å². The standard InChI is InChI=1S/C16H8Cl2N2O4/c17-10-3-1-2-9(6-10)7-14-16(21)24-15(19-14)12-8-11(20(22)23)4-5-13(12)18/h1-8H. The van der Waals surface area contributed by atoms with Crippen LogP contribution in [-0.4, -0.2) is 16.8 Å². The number of ether oxygens (including phenoxy) is 1. The molecule has 3 rings (SSSR count). The Hall–Kier alpha value is -2.70. The monoisotopic (exact) mass is 362 g/mol. The van der Waals surface area contributed by atoms with Crippen molar-refractivity contribution in [1.82, 2.24) is 0 Å². The van der Waals surface area contributed by atoms with Crippen LogP contribution in [0.15, 0.2) is 53.2 Å². The first-order valence-electron chi connectivity index (χ1n) is 6.66. The van der Waals surface area contributed by atoms with Crippen molar-refractivity contribution in [2.24, 2.45) is 4.99 Å². The maximum Gasteiger partial charge on any atom is 0.363 e. The summed E-state index contributed by atoms with van der Waals surface area (Å²) in [5, 5.41) is 11.6. The van der Waals surface area contributed by atoms with Gasteiger partial charge in [-0.1, -0.05) is 35.3 Å². The molecule has 0 aliphatic carbocycles. The SMILES string of the molecule is O=C1OC(c2cc([N+](=O)[O-])ccc2Cl)=NC1=Cc1cccc(Cl)c1. The Morgan fingerprint density at radius 1 is 1.17 bits per heavy atom. The summed E-state index contributed by atoms with van der Waals surface area (Å²) in [5.41, 5.74) is 0.716. The van der Waals surface area contributed by atoms with Crippen LogP contribution in [0, 0.1) is 10.1 Å². The Morgan fingerprint density at radius 2 is 1.96 bits per heavy atom. The number of hydrogen-bond acceptors (Lipinski definition) is 5. The molecule has 0 atom stereocenters. The number of esters is 1. The second kappa shape index (κ2) is 6.43. The predicted octanol–water partition coefficient (Wildman–Crippen LogP) is 4.25. The van der Waals surface area contributed by atoms with Crippen molar-refractivity contribution >= 4 is 46.8 Å². The molecule has 0 unspecified atom stereocenters. The van der Waals surface area contributed by atoms with Crippen molar-refractivity contribution < 1.29 is 14.5 Å². The minimum Gasteiger partial charge on any atom is -0.402 e. The van der Waals surface area contributed by atoms with E-state index in [0.29, 0.717) is 10.6 Å². The molecule has 0 saturated carbocycles. The zero-order valence-corrected chi connectivity index (χ0v) is 13.4. The summed E-state index contributed by atoms with van der Waals surface area (Å²) in [6.07, 6.45) is 1.51. The third-order valence-corrected chi connectivity index (χ3v) is 3.73. The number of hydrogen-bond donors (Lipinski definition) is 0. The van der Waals surface area contributed by atoms with Crippen LogP contribution in [0.2, 0.25) is 10.0 Å². The average molecular weight is 363 g/mol. The largest absolute Gasteiger partial charge is 0.402 e. The lowest BCUT2D eigenvalue weighted by atomic mass is 10.2. The van der Waals surface area contributed by atoms with Crippen molar-refractivity contribution in [2.45, 2.75) is 0 Å². The lowest BCUT2D eigenvalue weighted by Crippen LogP contribution is -2.06. The van der Waals surface area contributed by atoms with Crippen LogP contribution in [0.3, 0.4) is 0 Å². The Bertz CT molecular complexity index is 922. The van der Waals surface area contributed by atoms with Crippen LogP contribution in [0.5, 0.6) is 0 Å². The minimum absolute atomic E-state index is 0.0508. The minimum atomic E-state index is -0.674.